The zero-order valence-corrected chi connectivity index (χ0v) is 16.9. The van der Waals surface area contributed by atoms with Gasteiger partial charge < -0.3 is 14.5 Å². The Morgan fingerprint density at radius 3 is 2.07 bits per heavy atom. The number of thiocarbonyl (C=S) groups is 1. The van der Waals surface area contributed by atoms with E-state index in [1.807, 2.05) is 40.1 Å². The Morgan fingerprint density at radius 2 is 1.54 bits per heavy atom. The molecule has 2 aliphatic heterocycles. The van der Waals surface area contributed by atoms with E-state index >= 15 is 0 Å². The fraction of sp³-hybridized carbons (Fsp3) is 0.300. The maximum Gasteiger partial charge on any atom is 0.338 e. The number of hydrogen-bond donors (Lipinski definition) is 0. The molecule has 2 aromatic carbocycles. The van der Waals surface area contributed by atoms with E-state index in [0.717, 1.165) is 11.4 Å². The summed E-state index contributed by atoms with van der Waals surface area (Å²) in [5.41, 5.74) is 2.10. The van der Waals surface area contributed by atoms with Crippen LogP contribution in [0.2, 0.25) is 0 Å². The topological polar surface area (TPSA) is 66.9 Å². The van der Waals surface area contributed by atoms with Gasteiger partial charge in [-0.05, 0) is 55.5 Å². The molecule has 8 heteroatoms. The quantitative estimate of drug-likeness (QED) is 0.561. The average molecular weight is 417 g/mol. The van der Waals surface area contributed by atoms with Gasteiger partial charge in [-0.2, -0.15) is 0 Å². The lowest BCUT2D eigenvalue weighted by molar-refractivity contribution is 0.0526. The van der Waals surface area contributed by atoms with Crippen LogP contribution in [0.4, 0.5) is 11.4 Å². The lowest BCUT2D eigenvalue weighted by Crippen LogP contribution is -2.37. The third-order valence-corrected chi connectivity index (χ3v) is 7.15. The highest BCUT2D eigenvalue weighted by Crippen LogP contribution is 2.38. The molecule has 0 aliphatic carbocycles. The molecule has 146 valence electrons. The number of nitrogens with zero attached hydrogens (tertiary/aromatic N) is 2. The summed E-state index contributed by atoms with van der Waals surface area (Å²) in [6, 6.07) is 16.0. The van der Waals surface area contributed by atoms with Gasteiger partial charge in [-0.3, -0.25) is 0 Å². The number of sulfone groups is 1. The predicted octanol–water partition coefficient (Wildman–Crippen LogP) is 2.64. The highest BCUT2D eigenvalue weighted by atomic mass is 32.2. The number of hydrogen-bond acceptors (Lipinski definition) is 5. The lowest BCUT2D eigenvalue weighted by atomic mass is 10.1. The number of carbonyl (C=O) groups is 1. The number of rotatable bonds is 4. The first-order chi connectivity index (χ1) is 13.4. The third kappa shape index (κ3) is 3.27. The van der Waals surface area contributed by atoms with Gasteiger partial charge in [0.25, 0.3) is 0 Å². The summed E-state index contributed by atoms with van der Waals surface area (Å²) in [5.74, 6) is -0.254. The second kappa shape index (κ2) is 7.18. The van der Waals surface area contributed by atoms with Crippen LogP contribution in [0.25, 0.3) is 0 Å². The SMILES string of the molecule is CCOC(=O)c1ccc(N2C(=S)N(c3ccccc3)[C@H]3CS(=O)(=O)C[C@H]32)cc1. The van der Waals surface area contributed by atoms with Gasteiger partial charge in [0, 0.05) is 11.4 Å². The van der Waals surface area contributed by atoms with E-state index in [-0.39, 0.29) is 29.6 Å². The number of ether oxygens (including phenoxy) is 1. The Labute approximate surface area is 169 Å². The minimum Gasteiger partial charge on any atom is -0.462 e. The predicted molar refractivity (Wildman–Crippen MR) is 113 cm³/mol. The molecule has 0 amide bonds. The van der Waals surface area contributed by atoms with Crippen molar-refractivity contribution in [2.24, 2.45) is 0 Å². The van der Waals surface area contributed by atoms with Gasteiger partial charge in [0.2, 0.25) is 0 Å². The van der Waals surface area contributed by atoms with Crippen molar-refractivity contribution < 1.29 is 17.9 Å². The molecule has 0 bridgehead atoms. The zero-order valence-electron chi connectivity index (χ0n) is 15.3. The molecule has 2 fully saturated rings. The van der Waals surface area contributed by atoms with Gasteiger partial charge in [-0.1, -0.05) is 18.2 Å². The Balaban J connectivity index is 1.70. The Morgan fingerprint density at radius 1 is 1.00 bits per heavy atom. The van der Waals surface area contributed by atoms with Crippen LogP contribution in [0, 0.1) is 0 Å². The minimum atomic E-state index is -3.16. The van der Waals surface area contributed by atoms with E-state index in [1.54, 1.807) is 31.2 Å². The molecule has 6 nitrogen and oxygen atoms in total. The smallest absolute Gasteiger partial charge is 0.338 e. The molecule has 2 heterocycles. The fourth-order valence-electron chi connectivity index (χ4n) is 3.87. The number of para-hydroxylation sites is 1. The number of carbonyl (C=O) groups excluding carboxylic acids is 1. The second-order valence-electron chi connectivity index (χ2n) is 6.84. The molecule has 0 saturated carbocycles. The van der Waals surface area contributed by atoms with Gasteiger partial charge in [0.1, 0.15) is 0 Å². The molecule has 0 unspecified atom stereocenters. The van der Waals surface area contributed by atoms with Crippen LogP contribution in [0.1, 0.15) is 17.3 Å². The van der Waals surface area contributed by atoms with Gasteiger partial charge in [-0.15, -0.1) is 0 Å². The maximum atomic E-state index is 12.4. The summed E-state index contributed by atoms with van der Waals surface area (Å²) in [6.45, 7) is 2.07. The van der Waals surface area contributed by atoms with Crippen LogP contribution < -0.4 is 9.80 Å². The Bertz CT molecular complexity index is 1010. The van der Waals surface area contributed by atoms with Gasteiger partial charge in [0.05, 0.1) is 35.8 Å². The van der Waals surface area contributed by atoms with Gasteiger partial charge in [0.15, 0.2) is 14.9 Å². The van der Waals surface area contributed by atoms with Crippen LogP contribution in [0.5, 0.6) is 0 Å². The second-order valence-corrected chi connectivity index (χ2v) is 9.36. The molecule has 0 radical (unpaired) electrons. The molecule has 4 rings (SSSR count). The largest absolute Gasteiger partial charge is 0.462 e. The van der Waals surface area contributed by atoms with E-state index in [0.29, 0.717) is 17.3 Å². The van der Waals surface area contributed by atoms with Crippen molar-refractivity contribution in [3.05, 3.63) is 60.2 Å². The normalized spacial score (nSPS) is 23.0. The molecule has 2 saturated heterocycles. The van der Waals surface area contributed by atoms with Crippen LogP contribution in [0.3, 0.4) is 0 Å². The number of benzene rings is 2. The van der Waals surface area contributed by atoms with Crippen LogP contribution >= 0.6 is 12.2 Å². The van der Waals surface area contributed by atoms with Crippen molar-refractivity contribution in [1.29, 1.82) is 0 Å². The van der Waals surface area contributed by atoms with E-state index in [9.17, 15) is 13.2 Å². The number of fused-ring (bicyclic) bond motifs is 1. The summed E-state index contributed by atoms with van der Waals surface area (Å²) in [4.78, 5) is 15.7. The number of anilines is 2. The molecule has 0 spiro atoms. The summed E-state index contributed by atoms with van der Waals surface area (Å²) < 4.78 is 29.7. The van der Waals surface area contributed by atoms with E-state index < -0.39 is 9.84 Å². The Hall–Kier alpha value is -2.45. The summed E-state index contributed by atoms with van der Waals surface area (Å²) >= 11 is 5.75. The van der Waals surface area contributed by atoms with Crippen molar-refractivity contribution in [3.8, 4) is 0 Å². The summed E-state index contributed by atoms with van der Waals surface area (Å²) in [6.07, 6.45) is 0. The van der Waals surface area contributed by atoms with Crippen molar-refractivity contribution >= 4 is 44.5 Å². The van der Waals surface area contributed by atoms with Crippen LogP contribution in [-0.2, 0) is 14.6 Å². The van der Waals surface area contributed by atoms with Crippen molar-refractivity contribution in [1.82, 2.24) is 0 Å². The third-order valence-electron chi connectivity index (χ3n) is 5.06. The van der Waals surface area contributed by atoms with Crippen LogP contribution in [0.15, 0.2) is 54.6 Å². The summed E-state index contributed by atoms with van der Waals surface area (Å²) in [5, 5.41) is 0.569. The summed E-state index contributed by atoms with van der Waals surface area (Å²) in [7, 11) is -3.16. The first kappa shape index (κ1) is 18.9. The van der Waals surface area contributed by atoms with E-state index in [1.165, 1.54) is 0 Å². The first-order valence-corrected chi connectivity index (χ1v) is 11.3. The fourth-order valence-corrected chi connectivity index (χ4v) is 6.27. The van der Waals surface area contributed by atoms with E-state index in [4.69, 9.17) is 17.0 Å². The highest BCUT2D eigenvalue weighted by molar-refractivity contribution is 7.91. The molecule has 2 atom stereocenters. The lowest BCUT2D eigenvalue weighted by Gasteiger charge is -2.25. The molecule has 0 aromatic heterocycles. The van der Waals surface area contributed by atoms with Crippen LogP contribution in [-0.4, -0.2) is 49.7 Å². The molecule has 28 heavy (non-hydrogen) atoms. The average Bonchev–Trinajstić information content (AvgIpc) is 3.11. The Kier molecular flexibility index (Phi) is 4.84. The maximum absolute atomic E-state index is 12.4. The van der Waals surface area contributed by atoms with Crippen molar-refractivity contribution in [2.75, 3.05) is 27.9 Å². The first-order valence-electron chi connectivity index (χ1n) is 9.06. The number of esters is 1. The zero-order chi connectivity index (χ0) is 19.9. The van der Waals surface area contributed by atoms with E-state index in [2.05, 4.69) is 0 Å². The van der Waals surface area contributed by atoms with Gasteiger partial charge >= 0.3 is 5.97 Å². The molecule has 2 aromatic rings. The molecule has 0 N–H and O–H groups in total. The highest BCUT2D eigenvalue weighted by Gasteiger charge is 2.52. The monoisotopic (exact) mass is 416 g/mol. The van der Waals surface area contributed by atoms with Crippen molar-refractivity contribution in [3.63, 3.8) is 0 Å². The minimum absolute atomic E-state index is 0.0563. The van der Waals surface area contributed by atoms with Crippen molar-refractivity contribution in [2.45, 2.75) is 19.0 Å². The molecule has 2 aliphatic rings. The molecular formula is C20H20N2O4S2. The van der Waals surface area contributed by atoms with Gasteiger partial charge in [-0.25, -0.2) is 13.2 Å². The molecular weight excluding hydrogens is 396 g/mol. The standard InChI is InChI=1S/C20H20N2O4S2/c1-2-26-19(23)14-8-10-16(11-9-14)22-18-13-28(24,25)12-17(18)21(20(22)27)15-6-4-3-5-7-15/h3-11,17-18H,2,12-13H2,1H3/t17-,18+/m0/s1.